The van der Waals surface area contributed by atoms with E-state index < -0.39 is 0 Å². The number of unbranched alkanes of at least 4 members (excludes halogenated alkanes) is 8. The molecular weight excluding hydrogens is 248 g/mol. The van der Waals surface area contributed by atoms with Gasteiger partial charge in [-0.3, -0.25) is 0 Å². The highest BCUT2D eigenvalue weighted by Gasteiger charge is 1.94. The Morgan fingerprint density at radius 2 is 1.47 bits per heavy atom. The first kappa shape index (κ1) is 16.6. The fourth-order valence-electron chi connectivity index (χ4n) is 2.17. The van der Waals surface area contributed by atoms with E-state index in [4.69, 9.17) is 0 Å². The van der Waals surface area contributed by atoms with Gasteiger partial charge in [0.2, 0.25) is 0 Å². The number of benzene rings is 1. The summed E-state index contributed by atoms with van der Waals surface area (Å²) in [7, 11) is 0. The highest BCUT2D eigenvalue weighted by molar-refractivity contribution is 8.00. The van der Waals surface area contributed by atoms with Gasteiger partial charge in [-0.15, -0.1) is 0 Å². The van der Waals surface area contributed by atoms with E-state index in [9.17, 15) is 0 Å². The SMILES string of the molecule is CCCCCCCCCC[CH]SCc1ccccc1. The Balaban J connectivity index is 1.79. The maximum absolute atomic E-state index is 2.39. The van der Waals surface area contributed by atoms with Gasteiger partial charge in [-0.2, -0.15) is 11.8 Å². The van der Waals surface area contributed by atoms with E-state index in [2.05, 4.69) is 43.0 Å². The van der Waals surface area contributed by atoms with Crippen molar-refractivity contribution in [2.24, 2.45) is 0 Å². The molecule has 0 bridgehead atoms. The Labute approximate surface area is 124 Å². The number of thioether (sulfide) groups is 1. The van der Waals surface area contributed by atoms with Gasteiger partial charge in [0.15, 0.2) is 0 Å². The predicted octanol–water partition coefficient (Wildman–Crippen LogP) is 6.61. The van der Waals surface area contributed by atoms with E-state index in [0.717, 1.165) is 5.75 Å². The maximum atomic E-state index is 2.39. The van der Waals surface area contributed by atoms with Crippen LogP contribution in [0.1, 0.15) is 70.3 Å². The van der Waals surface area contributed by atoms with Gasteiger partial charge in [-0.05, 0) is 12.0 Å². The highest BCUT2D eigenvalue weighted by atomic mass is 32.2. The van der Waals surface area contributed by atoms with Crippen LogP contribution < -0.4 is 0 Å². The van der Waals surface area contributed by atoms with E-state index in [0.29, 0.717) is 0 Å². The average molecular weight is 277 g/mol. The molecule has 107 valence electrons. The van der Waals surface area contributed by atoms with Gasteiger partial charge in [0.1, 0.15) is 0 Å². The van der Waals surface area contributed by atoms with Crippen molar-refractivity contribution in [3.63, 3.8) is 0 Å². The molecule has 0 saturated heterocycles. The standard InChI is InChI=1S/C18H29S/c1-2-3-4-5-6-7-8-9-13-16-19-17-18-14-11-10-12-15-18/h10-12,14-16H,2-9,13,17H2,1H3. The van der Waals surface area contributed by atoms with Gasteiger partial charge >= 0.3 is 0 Å². The summed E-state index contributed by atoms with van der Waals surface area (Å²) in [5, 5.41) is 0. The maximum Gasteiger partial charge on any atom is 0.0187 e. The van der Waals surface area contributed by atoms with Crippen LogP contribution in [-0.4, -0.2) is 0 Å². The molecule has 1 radical (unpaired) electrons. The third-order valence-corrected chi connectivity index (χ3v) is 4.36. The molecule has 0 amide bonds. The molecule has 0 heterocycles. The Hall–Kier alpha value is -0.430. The van der Waals surface area contributed by atoms with Crippen molar-refractivity contribution in [2.75, 3.05) is 0 Å². The van der Waals surface area contributed by atoms with Crippen molar-refractivity contribution < 1.29 is 0 Å². The third kappa shape index (κ3) is 10.1. The minimum absolute atomic E-state index is 1.12. The Morgan fingerprint density at radius 3 is 2.16 bits per heavy atom. The van der Waals surface area contributed by atoms with Crippen LogP contribution >= 0.6 is 11.8 Å². The summed E-state index contributed by atoms with van der Waals surface area (Å²) >= 11 is 1.96. The normalized spacial score (nSPS) is 10.8. The van der Waals surface area contributed by atoms with Crippen molar-refractivity contribution >= 4 is 11.8 Å². The molecule has 0 nitrogen and oxygen atoms in total. The summed E-state index contributed by atoms with van der Waals surface area (Å²) in [5.41, 5.74) is 1.43. The molecule has 19 heavy (non-hydrogen) atoms. The molecule has 1 aromatic carbocycles. The van der Waals surface area contributed by atoms with Crippen molar-refractivity contribution in [2.45, 2.75) is 70.5 Å². The first-order valence-electron chi connectivity index (χ1n) is 7.90. The van der Waals surface area contributed by atoms with Crippen LogP contribution in [0.2, 0.25) is 0 Å². The molecule has 1 aromatic rings. The largest absolute Gasteiger partial charge is 0.153 e. The molecule has 0 aliphatic heterocycles. The second kappa shape index (κ2) is 12.6. The minimum atomic E-state index is 1.12. The van der Waals surface area contributed by atoms with Gasteiger partial charge < -0.3 is 0 Å². The molecule has 0 atom stereocenters. The Morgan fingerprint density at radius 1 is 0.842 bits per heavy atom. The van der Waals surface area contributed by atoms with E-state index in [1.54, 1.807) is 0 Å². The number of hydrogen-bond acceptors (Lipinski definition) is 1. The summed E-state index contributed by atoms with van der Waals surface area (Å²) in [6, 6.07) is 10.7. The van der Waals surface area contributed by atoms with Crippen LogP contribution in [0.3, 0.4) is 0 Å². The van der Waals surface area contributed by atoms with E-state index >= 15 is 0 Å². The van der Waals surface area contributed by atoms with Gasteiger partial charge in [-0.1, -0.05) is 88.6 Å². The lowest BCUT2D eigenvalue weighted by Gasteiger charge is -2.03. The van der Waals surface area contributed by atoms with Crippen LogP contribution in [0.4, 0.5) is 0 Å². The highest BCUT2D eigenvalue weighted by Crippen LogP contribution is 2.18. The van der Waals surface area contributed by atoms with Crippen molar-refractivity contribution in [3.8, 4) is 0 Å². The predicted molar refractivity (Wildman–Crippen MR) is 89.3 cm³/mol. The van der Waals surface area contributed by atoms with Crippen molar-refractivity contribution in [3.05, 3.63) is 41.6 Å². The van der Waals surface area contributed by atoms with Gasteiger partial charge in [0.25, 0.3) is 0 Å². The first-order chi connectivity index (χ1) is 9.43. The van der Waals surface area contributed by atoms with E-state index in [-0.39, 0.29) is 0 Å². The molecule has 1 heteroatoms. The lowest BCUT2D eigenvalue weighted by atomic mass is 10.1. The van der Waals surface area contributed by atoms with Crippen LogP contribution in [0.25, 0.3) is 0 Å². The molecule has 0 fully saturated rings. The Bertz CT molecular complexity index is 281. The summed E-state index contributed by atoms with van der Waals surface area (Å²) in [4.78, 5) is 0. The smallest absolute Gasteiger partial charge is 0.0187 e. The molecule has 0 aliphatic carbocycles. The first-order valence-corrected chi connectivity index (χ1v) is 8.95. The average Bonchev–Trinajstić information content (AvgIpc) is 2.46. The van der Waals surface area contributed by atoms with Crippen molar-refractivity contribution in [1.82, 2.24) is 0 Å². The minimum Gasteiger partial charge on any atom is -0.153 e. The van der Waals surface area contributed by atoms with Crippen molar-refractivity contribution in [1.29, 1.82) is 0 Å². The zero-order valence-electron chi connectivity index (χ0n) is 12.4. The lowest BCUT2D eigenvalue weighted by molar-refractivity contribution is 0.576. The molecule has 0 unspecified atom stereocenters. The molecule has 0 N–H and O–H groups in total. The monoisotopic (exact) mass is 277 g/mol. The lowest BCUT2D eigenvalue weighted by Crippen LogP contribution is -1.82. The van der Waals surface area contributed by atoms with Gasteiger partial charge in [-0.25, -0.2) is 0 Å². The third-order valence-electron chi connectivity index (χ3n) is 3.39. The zero-order valence-corrected chi connectivity index (χ0v) is 13.3. The molecule has 0 spiro atoms. The summed E-state index contributed by atoms with van der Waals surface area (Å²) in [6.07, 6.45) is 12.6. The number of hydrogen-bond donors (Lipinski definition) is 0. The van der Waals surface area contributed by atoms with Crippen LogP contribution in [0, 0.1) is 5.75 Å². The zero-order chi connectivity index (χ0) is 13.6. The van der Waals surface area contributed by atoms with E-state index in [1.165, 1.54) is 63.4 Å². The summed E-state index contributed by atoms with van der Waals surface area (Å²) < 4.78 is 0. The second-order valence-electron chi connectivity index (χ2n) is 5.23. The fourth-order valence-corrected chi connectivity index (χ4v) is 3.01. The van der Waals surface area contributed by atoms with Crippen LogP contribution in [-0.2, 0) is 5.75 Å². The molecule has 0 aromatic heterocycles. The van der Waals surface area contributed by atoms with Crippen LogP contribution in [0.5, 0.6) is 0 Å². The fraction of sp³-hybridized carbons (Fsp3) is 0.611. The Kier molecular flexibility index (Phi) is 11.0. The second-order valence-corrected chi connectivity index (χ2v) is 6.18. The molecule has 1 rings (SSSR count). The number of rotatable bonds is 12. The topological polar surface area (TPSA) is 0 Å². The molecule has 0 saturated carbocycles. The quantitative estimate of drug-likeness (QED) is 0.387. The molecular formula is C18H29S. The van der Waals surface area contributed by atoms with Gasteiger partial charge in [0, 0.05) is 11.5 Å². The van der Waals surface area contributed by atoms with Gasteiger partial charge in [0.05, 0.1) is 0 Å². The summed E-state index contributed by atoms with van der Waals surface area (Å²) in [5.74, 6) is 3.52. The molecule has 0 aliphatic rings. The van der Waals surface area contributed by atoms with Crippen LogP contribution in [0.15, 0.2) is 30.3 Å². The summed E-state index contributed by atoms with van der Waals surface area (Å²) in [6.45, 7) is 2.28. The van der Waals surface area contributed by atoms with E-state index in [1.807, 2.05) is 11.8 Å².